The number of rotatable bonds is 10. The molecule has 4 heterocycles. The highest BCUT2D eigenvalue weighted by atomic mass is 16.8. The molecule has 53 heavy (non-hydrogen) atoms. The van der Waals surface area contributed by atoms with E-state index in [1.165, 1.54) is 38.3 Å². The summed E-state index contributed by atoms with van der Waals surface area (Å²) < 4.78 is 45.8. The second-order valence-electron chi connectivity index (χ2n) is 13.2. The summed E-state index contributed by atoms with van der Waals surface area (Å²) in [5.74, 6) is -0.0543. The van der Waals surface area contributed by atoms with E-state index < -0.39 is 111 Å². The van der Waals surface area contributed by atoms with Gasteiger partial charge in [0.1, 0.15) is 95.7 Å². The van der Waals surface area contributed by atoms with E-state index in [9.17, 15) is 55.9 Å². The van der Waals surface area contributed by atoms with Crippen molar-refractivity contribution in [2.45, 2.75) is 112 Å². The molecule has 3 fully saturated rings. The second kappa shape index (κ2) is 16.2. The van der Waals surface area contributed by atoms with Crippen molar-refractivity contribution in [3.8, 4) is 23.0 Å². The fourth-order valence-electron chi connectivity index (χ4n) is 6.58. The molecule has 10 N–H and O–H groups in total. The van der Waals surface area contributed by atoms with E-state index in [0.29, 0.717) is 5.56 Å². The average Bonchev–Trinajstić information content (AvgIpc) is 3.15. The van der Waals surface area contributed by atoms with E-state index in [1.807, 2.05) is 0 Å². The summed E-state index contributed by atoms with van der Waals surface area (Å²) in [5.41, 5.74) is 0.648. The number of Topliss-reactive ketones (excluding diaryl/α,β-unsaturated/α-hetero) is 1. The lowest BCUT2D eigenvalue weighted by Crippen LogP contribution is -2.64. The fraction of sp³-hybridized carbons (Fsp3) is 0.618. The molecule has 2 aromatic carbocycles. The number of carbonyl (C=O) groups excluding carboxylic acids is 1. The molecule has 19 nitrogen and oxygen atoms in total. The molecule has 0 saturated carbocycles. The maximum absolute atomic E-state index is 13.4. The van der Waals surface area contributed by atoms with Crippen LogP contribution in [0.4, 0.5) is 0 Å². The lowest BCUT2D eigenvalue weighted by molar-refractivity contribution is -0.354. The number of benzene rings is 2. The minimum absolute atomic E-state index is 0.0230. The molecule has 0 bridgehead atoms. The zero-order chi connectivity index (χ0) is 38.3. The summed E-state index contributed by atoms with van der Waals surface area (Å²) in [5, 5.41) is 102. The van der Waals surface area contributed by atoms with E-state index in [1.54, 1.807) is 12.1 Å². The van der Waals surface area contributed by atoms with Crippen LogP contribution in [0.5, 0.6) is 23.0 Å². The van der Waals surface area contributed by atoms with Crippen LogP contribution in [0.2, 0.25) is 0 Å². The Kier molecular flexibility index (Phi) is 12.1. The Bertz CT molecular complexity index is 1560. The van der Waals surface area contributed by atoms with Crippen molar-refractivity contribution in [1.29, 1.82) is 0 Å². The SMILES string of the molecule is COc1cc(O[C@@H]2OC(CO)[C@@H](O)[C@H](O)C2O[C@@H]2OC(C)[C@H](O)C(O)[C@@H]2O)cc2c1C(=O)CC(c1ccc(O[C@@H]3OC(CO)[C@@H](O)[C@H](O)C3O)cc1)O2. The van der Waals surface area contributed by atoms with Gasteiger partial charge in [-0.1, -0.05) is 12.1 Å². The summed E-state index contributed by atoms with van der Waals surface area (Å²) >= 11 is 0. The van der Waals surface area contributed by atoms with Crippen LogP contribution in [0.3, 0.4) is 0 Å². The first-order valence-electron chi connectivity index (χ1n) is 16.9. The van der Waals surface area contributed by atoms with E-state index in [0.717, 1.165) is 0 Å². The normalized spacial score (nSPS) is 40.2. The number of hydrogen-bond donors (Lipinski definition) is 10. The van der Waals surface area contributed by atoms with Gasteiger partial charge >= 0.3 is 0 Å². The predicted octanol–water partition coefficient (Wildman–Crippen LogP) is -3.39. The molecule has 0 amide bonds. The van der Waals surface area contributed by atoms with Crippen LogP contribution in [-0.2, 0) is 18.9 Å². The van der Waals surface area contributed by atoms with Gasteiger partial charge in [-0.05, 0) is 24.6 Å². The minimum atomic E-state index is -1.77. The Hall–Kier alpha value is -3.25. The zero-order valence-corrected chi connectivity index (χ0v) is 28.5. The van der Waals surface area contributed by atoms with Crippen molar-refractivity contribution in [1.82, 2.24) is 0 Å². The average molecular weight is 757 g/mol. The molecule has 294 valence electrons. The smallest absolute Gasteiger partial charge is 0.229 e. The Labute approximate surface area is 302 Å². The van der Waals surface area contributed by atoms with Crippen LogP contribution < -0.4 is 18.9 Å². The van der Waals surface area contributed by atoms with E-state index in [-0.39, 0.29) is 40.8 Å². The third kappa shape index (κ3) is 7.82. The third-order valence-corrected chi connectivity index (χ3v) is 9.71. The number of ketones is 1. The van der Waals surface area contributed by atoms with Gasteiger partial charge in [0.25, 0.3) is 0 Å². The Morgan fingerprint density at radius 3 is 1.91 bits per heavy atom. The lowest BCUT2D eigenvalue weighted by atomic mass is 9.95. The number of hydrogen-bond acceptors (Lipinski definition) is 19. The highest BCUT2D eigenvalue weighted by molar-refractivity contribution is 6.02. The van der Waals surface area contributed by atoms with Crippen LogP contribution >= 0.6 is 0 Å². The molecule has 6 rings (SSSR count). The highest BCUT2D eigenvalue weighted by Gasteiger charge is 2.51. The fourth-order valence-corrected chi connectivity index (χ4v) is 6.58. The maximum atomic E-state index is 13.4. The van der Waals surface area contributed by atoms with Crippen molar-refractivity contribution in [2.24, 2.45) is 0 Å². The van der Waals surface area contributed by atoms with Gasteiger partial charge in [0.2, 0.25) is 12.6 Å². The topological polar surface area (TPSA) is 293 Å². The summed E-state index contributed by atoms with van der Waals surface area (Å²) in [6.07, 6.45) is -23.7. The lowest BCUT2D eigenvalue weighted by Gasteiger charge is -2.45. The summed E-state index contributed by atoms with van der Waals surface area (Å²) in [6.45, 7) is 0.0746. The van der Waals surface area contributed by atoms with E-state index >= 15 is 0 Å². The number of ether oxygens (including phenoxy) is 8. The molecule has 0 aliphatic carbocycles. The molecule has 0 radical (unpaired) electrons. The van der Waals surface area contributed by atoms with Crippen molar-refractivity contribution in [3.05, 3.63) is 47.5 Å². The van der Waals surface area contributed by atoms with Crippen LogP contribution in [0.15, 0.2) is 36.4 Å². The van der Waals surface area contributed by atoms with Gasteiger partial charge in [-0.2, -0.15) is 0 Å². The van der Waals surface area contributed by atoms with Crippen molar-refractivity contribution in [2.75, 3.05) is 20.3 Å². The third-order valence-electron chi connectivity index (χ3n) is 9.71. The summed E-state index contributed by atoms with van der Waals surface area (Å²) in [4.78, 5) is 13.4. The quantitative estimate of drug-likeness (QED) is 0.113. The standard InChI is InChI=1S/C34H44O19/c1-12-23(38)26(41)29(44)32(47-12)53-31-28(43)25(40)21(11-36)52-34(31)49-15-7-18(46-2)22-16(37)9-17(50-19(22)8-15)13-3-5-14(6-4-13)48-33-30(45)27(42)24(39)20(10-35)51-33/h3-8,12,17,20-21,23-36,38-45H,9-11H2,1-2H3/t12?,17?,20?,21?,23-,24+,25+,26?,27-,28-,29-,30?,31?,32-,33+,34+/m0/s1. The highest BCUT2D eigenvalue weighted by Crippen LogP contribution is 2.43. The Morgan fingerprint density at radius 2 is 1.26 bits per heavy atom. The van der Waals surface area contributed by atoms with Gasteiger partial charge < -0.3 is 89.0 Å². The van der Waals surface area contributed by atoms with Gasteiger partial charge in [0.05, 0.1) is 32.8 Å². The first-order valence-corrected chi connectivity index (χ1v) is 16.9. The number of methoxy groups -OCH3 is 1. The molecule has 0 spiro atoms. The number of fused-ring (bicyclic) bond motifs is 1. The number of aliphatic hydroxyl groups is 10. The molecule has 16 atom stereocenters. The summed E-state index contributed by atoms with van der Waals surface area (Å²) in [6, 6.07) is 8.91. The molecule has 4 aliphatic rings. The molecule has 3 saturated heterocycles. The molecule has 4 aliphatic heterocycles. The molecular weight excluding hydrogens is 712 g/mol. The van der Waals surface area contributed by atoms with Crippen molar-refractivity contribution < 1.29 is 93.8 Å². The first-order chi connectivity index (χ1) is 25.3. The monoisotopic (exact) mass is 756 g/mol. The van der Waals surface area contributed by atoms with Gasteiger partial charge in [0.15, 0.2) is 18.2 Å². The molecule has 2 aromatic rings. The minimum Gasteiger partial charge on any atom is -0.496 e. The van der Waals surface area contributed by atoms with Crippen molar-refractivity contribution >= 4 is 5.78 Å². The van der Waals surface area contributed by atoms with E-state index in [4.69, 9.17) is 37.9 Å². The van der Waals surface area contributed by atoms with Gasteiger partial charge in [-0.25, -0.2) is 0 Å². The van der Waals surface area contributed by atoms with Gasteiger partial charge in [-0.15, -0.1) is 0 Å². The Balaban J connectivity index is 1.21. The maximum Gasteiger partial charge on any atom is 0.229 e. The largest absolute Gasteiger partial charge is 0.496 e. The molecular formula is C34H44O19. The zero-order valence-electron chi connectivity index (χ0n) is 28.5. The second-order valence-corrected chi connectivity index (χ2v) is 13.2. The van der Waals surface area contributed by atoms with Gasteiger partial charge in [0, 0.05) is 12.1 Å². The van der Waals surface area contributed by atoms with E-state index in [2.05, 4.69) is 0 Å². The first kappa shape index (κ1) is 39.4. The van der Waals surface area contributed by atoms with Crippen LogP contribution in [-0.4, -0.2) is 169 Å². The van der Waals surface area contributed by atoms with Crippen LogP contribution in [0.1, 0.15) is 35.4 Å². The van der Waals surface area contributed by atoms with Crippen molar-refractivity contribution in [3.63, 3.8) is 0 Å². The van der Waals surface area contributed by atoms with Crippen LogP contribution in [0, 0.1) is 0 Å². The number of carbonyl (C=O) groups is 1. The van der Waals surface area contributed by atoms with Gasteiger partial charge in [-0.3, -0.25) is 4.79 Å². The molecule has 0 aromatic heterocycles. The van der Waals surface area contributed by atoms with Crippen LogP contribution in [0.25, 0.3) is 0 Å². The molecule has 19 heteroatoms. The Morgan fingerprint density at radius 1 is 0.679 bits per heavy atom. The number of aliphatic hydroxyl groups excluding tert-OH is 10. The summed E-state index contributed by atoms with van der Waals surface area (Å²) in [7, 11) is 1.32. The predicted molar refractivity (Wildman–Crippen MR) is 172 cm³/mol. The molecule has 7 unspecified atom stereocenters.